The molecule has 0 atom stereocenters. The Kier molecular flexibility index (Phi) is 6.52. The molecule has 0 aliphatic carbocycles. The van der Waals surface area contributed by atoms with Crippen molar-refractivity contribution < 1.29 is 38.9 Å². The molecule has 0 unspecified atom stereocenters. The lowest BCUT2D eigenvalue weighted by molar-refractivity contribution is 0.0592. The number of esters is 2. The first kappa shape index (κ1) is 24.2. The Hall–Kier alpha value is -4.98. The standard InChI is InChI=1S/C28H20O8/c1-35-27(33)19-13-7-5-11-17(19)21-15-9-3-4-10-16(15)23(25(29)30)24(26(31)32)22(21)18-12-6-8-14-20(18)28(34)36-2/h3-14H,1-2H3,(H,29,30)(H,31,32). The van der Waals surface area contributed by atoms with Crippen molar-refractivity contribution in [3.05, 3.63) is 95.1 Å². The van der Waals surface area contributed by atoms with Crippen molar-refractivity contribution >= 4 is 34.6 Å². The molecule has 2 N–H and O–H groups in total. The second kappa shape index (κ2) is 9.71. The Morgan fingerprint density at radius 2 is 0.972 bits per heavy atom. The molecule has 0 radical (unpaired) electrons. The van der Waals surface area contributed by atoms with Crippen LogP contribution < -0.4 is 0 Å². The number of methoxy groups -OCH3 is 2. The van der Waals surface area contributed by atoms with Gasteiger partial charge < -0.3 is 19.7 Å². The molecule has 4 aromatic carbocycles. The minimum absolute atomic E-state index is 0.0315. The normalized spacial score (nSPS) is 10.6. The monoisotopic (exact) mass is 484 g/mol. The molecule has 0 aromatic heterocycles. The van der Waals surface area contributed by atoms with E-state index >= 15 is 0 Å². The third-order valence-electron chi connectivity index (χ3n) is 5.85. The predicted molar refractivity (Wildman–Crippen MR) is 131 cm³/mol. The van der Waals surface area contributed by atoms with Crippen molar-refractivity contribution in [3.63, 3.8) is 0 Å². The van der Waals surface area contributed by atoms with Gasteiger partial charge in [0.1, 0.15) is 0 Å². The summed E-state index contributed by atoms with van der Waals surface area (Å²) in [5.74, 6) is -4.36. The highest BCUT2D eigenvalue weighted by Gasteiger charge is 2.31. The number of rotatable bonds is 6. The molecule has 0 saturated carbocycles. The second-order valence-electron chi connectivity index (χ2n) is 7.73. The van der Waals surface area contributed by atoms with E-state index in [0.717, 1.165) is 0 Å². The Balaban J connectivity index is 2.36. The molecule has 0 fully saturated rings. The number of fused-ring (bicyclic) bond motifs is 1. The highest BCUT2D eigenvalue weighted by molar-refractivity contribution is 6.23. The lowest BCUT2D eigenvalue weighted by Crippen LogP contribution is -2.14. The van der Waals surface area contributed by atoms with E-state index in [0.29, 0.717) is 10.9 Å². The van der Waals surface area contributed by atoms with E-state index in [1.54, 1.807) is 48.5 Å². The molecular weight excluding hydrogens is 464 g/mol. The first-order valence-electron chi connectivity index (χ1n) is 10.7. The fourth-order valence-electron chi connectivity index (χ4n) is 4.40. The third-order valence-corrected chi connectivity index (χ3v) is 5.85. The first-order chi connectivity index (χ1) is 17.3. The number of hydrogen-bond acceptors (Lipinski definition) is 6. The van der Waals surface area contributed by atoms with Gasteiger partial charge in [-0.05, 0) is 39.6 Å². The van der Waals surface area contributed by atoms with Crippen molar-refractivity contribution in [2.45, 2.75) is 0 Å². The number of carbonyl (C=O) groups excluding carboxylic acids is 2. The van der Waals surface area contributed by atoms with E-state index in [-0.39, 0.29) is 33.2 Å². The number of carbonyl (C=O) groups is 4. The lowest BCUT2D eigenvalue weighted by Gasteiger charge is -2.22. The van der Waals surface area contributed by atoms with Crippen LogP contribution >= 0.6 is 0 Å². The second-order valence-corrected chi connectivity index (χ2v) is 7.73. The van der Waals surface area contributed by atoms with E-state index in [2.05, 4.69) is 0 Å². The third kappa shape index (κ3) is 3.94. The average molecular weight is 484 g/mol. The summed E-state index contributed by atoms with van der Waals surface area (Å²) in [6.45, 7) is 0. The van der Waals surface area contributed by atoms with Crippen molar-refractivity contribution in [1.82, 2.24) is 0 Å². The molecule has 8 nitrogen and oxygen atoms in total. The van der Waals surface area contributed by atoms with E-state index < -0.39 is 35.0 Å². The van der Waals surface area contributed by atoms with Gasteiger partial charge in [-0.25, -0.2) is 19.2 Å². The fraction of sp³-hybridized carbons (Fsp3) is 0.0714. The number of aromatic carboxylic acids is 2. The number of carboxylic acid groups (broad SMARTS) is 2. The maximum absolute atomic E-state index is 12.7. The van der Waals surface area contributed by atoms with Crippen LogP contribution in [0.2, 0.25) is 0 Å². The lowest BCUT2D eigenvalue weighted by atomic mass is 9.80. The van der Waals surface area contributed by atoms with Crippen molar-refractivity contribution in [2.75, 3.05) is 14.2 Å². The molecule has 4 rings (SSSR count). The summed E-state index contributed by atoms with van der Waals surface area (Å²) < 4.78 is 9.86. The Labute approximate surface area is 205 Å². The van der Waals surface area contributed by atoms with Crippen LogP contribution in [0.25, 0.3) is 33.0 Å². The van der Waals surface area contributed by atoms with Crippen LogP contribution in [0.3, 0.4) is 0 Å². The minimum atomic E-state index is -1.51. The summed E-state index contributed by atoms with van der Waals surface area (Å²) in [7, 11) is 2.41. The minimum Gasteiger partial charge on any atom is -0.478 e. The summed E-state index contributed by atoms with van der Waals surface area (Å²) >= 11 is 0. The molecule has 0 aliphatic heterocycles. The Morgan fingerprint density at radius 1 is 0.556 bits per heavy atom. The zero-order valence-corrected chi connectivity index (χ0v) is 19.3. The summed E-state index contributed by atoms with van der Waals surface area (Å²) in [4.78, 5) is 50.5. The fourth-order valence-corrected chi connectivity index (χ4v) is 4.40. The van der Waals surface area contributed by atoms with Gasteiger partial charge in [-0.3, -0.25) is 0 Å². The molecule has 0 spiro atoms. The zero-order valence-electron chi connectivity index (χ0n) is 19.3. The Morgan fingerprint density at radius 3 is 1.44 bits per heavy atom. The van der Waals surface area contributed by atoms with Crippen LogP contribution in [-0.4, -0.2) is 48.3 Å². The molecular formula is C28H20O8. The van der Waals surface area contributed by atoms with Crippen LogP contribution in [-0.2, 0) is 9.47 Å². The highest BCUT2D eigenvalue weighted by Crippen LogP contribution is 2.45. The predicted octanol–water partition coefficient (Wildman–Crippen LogP) is 5.14. The first-order valence-corrected chi connectivity index (χ1v) is 10.7. The van der Waals surface area contributed by atoms with Crippen LogP contribution in [0.15, 0.2) is 72.8 Å². The van der Waals surface area contributed by atoms with Gasteiger partial charge in [0.15, 0.2) is 0 Å². The van der Waals surface area contributed by atoms with Crippen LogP contribution in [0, 0.1) is 0 Å². The van der Waals surface area contributed by atoms with E-state index in [9.17, 15) is 29.4 Å². The summed E-state index contributed by atoms with van der Waals surface area (Å²) in [5.41, 5.74) is -0.0905. The number of ether oxygens (including phenoxy) is 2. The molecule has 0 heterocycles. The number of hydrogen-bond donors (Lipinski definition) is 2. The van der Waals surface area contributed by atoms with Crippen molar-refractivity contribution in [3.8, 4) is 22.3 Å². The maximum atomic E-state index is 12.7. The molecule has 36 heavy (non-hydrogen) atoms. The molecule has 0 bridgehead atoms. The largest absolute Gasteiger partial charge is 0.478 e. The number of carboxylic acids is 2. The smallest absolute Gasteiger partial charge is 0.338 e. The summed E-state index contributed by atoms with van der Waals surface area (Å²) in [6.07, 6.45) is 0. The molecule has 0 amide bonds. The van der Waals surface area contributed by atoms with Gasteiger partial charge >= 0.3 is 23.9 Å². The number of benzene rings is 4. The summed E-state index contributed by atoms with van der Waals surface area (Å²) in [5, 5.41) is 21.0. The Bertz CT molecular complexity index is 1550. The van der Waals surface area contributed by atoms with Crippen LogP contribution in [0.5, 0.6) is 0 Å². The molecule has 0 aliphatic rings. The van der Waals surface area contributed by atoms with Crippen LogP contribution in [0.4, 0.5) is 0 Å². The average Bonchev–Trinajstić information content (AvgIpc) is 2.90. The van der Waals surface area contributed by atoms with Gasteiger partial charge in [-0.1, -0.05) is 60.7 Å². The SMILES string of the molecule is COC(=O)c1ccccc1-c1c(C(=O)O)c(C(=O)O)c2ccccc2c1-c1ccccc1C(=O)OC. The molecule has 180 valence electrons. The molecule has 4 aromatic rings. The van der Waals surface area contributed by atoms with E-state index in [1.165, 1.54) is 38.5 Å². The van der Waals surface area contributed by atoms with E-state index in [1.807, 2.05) is 0 Å². The molecule has 0 saturated heterocycles. The quantitative estimate of drug-likeness (QED) is 0.360. The maximum Gasteiger partial charge on any atom is 0.338 e. The van der Waals surface area contributed by atoms with E-state index in [4.69, 9.17) is 9.47 Å². The van der Waals surface area contributed by atoms with Crippen molar-refractivity contribution in [2.24, 2.45) is 0 Å². The van der Waals surface area contributed by atoms with Crippen LogP contribution in [0.1, 0.15) is 41.4 Å². The zero-order chi connectivity index (χ0) is 26.0. The topological polar surface area (TPSA) is 127 Å². The van der Waals surface area contributed by atoms with Gasteiger partial charge in [-0.15, -0.1) is 0 Å². The van der Waals surface area contributed by atoms with Gasteiger partial charge in [0.25, 0.3) is 0 Å². The van der Waals surface area contributed by atoms with Gasteiger partial charge in [-0.2, -0.15) is 0 Å². The van der Waals surface area contributed by atoms with Gasteiger partial charge in [0.05, 0.1) is 36.5 Å². The van der Waals surface area contributed by atoms with Crippen molar-refractivity contribution in [1.29, 1.82) is 0 Å². The van der Waals surface area contributed by atoms with Gasteiger partial charge in [0.2, 0.25) is 0 Å². The summed E-state index contributed by atoms with van der Waals surface area (Å²) in [6, 6.07) is 19.0. The van der Waals surface area contributed by atoms with Gasteiger partial charge in [0, 0.05) is 5.56 Å². The molecule has 8 heteroatoms. The highest BCUT2D eigenvalue weighted by atomic mass is 16.5.